The summed E-state index contributed by atoms with van der Waals surface area (Å²) in [5.74, 6) is 1.84. The van der Waals surface area contributed by atoms with Crippen molar-refractivity contribution in [3.63, 3.8) is 0 Å². The van der Waals surface area contributed by atoms with E-state index < -0.39 is 0 Å². The van der Waals surface area contributed by atoms with Crippen molar-refractivity contribution in [1.29, 1.82) is 0 Å². The average molecular weight is 202 g/mol. The van der Waals surface area contributed by atoms with Gasteiger partial charge in [0.2, 0.25) is 0 Å². The first-order valence-electron chi connectivity index (χ1n) is 5.01. The van der Waals surface area contributed by atoms with Crippen LogP contribution in [0.25, 0.3) is 5.82 Å². The van der Waals surface area contributed by atoms with Crippen molar-refractivity contribution in [2.75, 3.05) is 11.9 Å². The molecule has 78 valence electrons. The van der Waals surface area contributed by atoms with Gasteiger partial charge in [-0.1, -0.05) is 0 Å². The summed E-state index contributed by atoms with van der Waals surface area (Å²) in [4.78, 5) is 8.52. The minimum Gasteiger partial charge on any atom is -0.384 e. The van der Waals surface area contributed by atoms with E-state index in [2.05, 4.69) is 22.2 Å². The molecule has 0 saturated heterocycles. The third-order valence-electron chi connectivity index (χ3n) is 2.20. The molecule has 0 spiro atoms. The zero-order chi connectivity index (χ0) is 10.7. The molecule has 0 aliphatic carbocycles. The fourth-order valence-corrected chi connectivity index (χ4v) is 1.46. The molecule has 2 rings (SSSR count). The van der Waals surface area contributed by atoms with Crippen LogP contribution in [0.2, 0.25) is 0 Å². The monoisotopic (exact) mass is 202 g/mol. The highest BCUT2D eigenvalue weighted by molar-refractivity contribution is 5.43. The lowest BCUT2D eigenvalue weighted by Crippen LogP contribution is -2.01. The van der Waals surface area contributed by atoms with Gasteiger partial charge in [0.05, 0.1) is 11.9 Å². The van der Waals surface area contributed by atoms with Crippen molar-refractivity contribution in [2.24, 2.45) is 0 Å². The third-order valence-corrected chi connectivity index (χ3v) is 2.20. The summed E-state index contributed by atoms with van der Waals surface area (Å²) in [5, 5.41) is 3.21. The lowest BCUT2D eigenvalue weighted by atomic mass is 10.4. The largest absolute Gasteiger partial charge is 0.384 e. The molecule has 4 heteroatoms. The maximum absolute atomic E-state index is 4.36. The number of pyridine rings is 1. The van der Waals surface area contributed by atoms with Crippen LogP contribution in [0.5, 0.6) is 0 Å². The number of nitrogens with zero attached hydrogens (tertiary/aromatic N) is 3. The molecule has 4 nitrogen and oxygen atoms in total. The van der Waals surface area contributed by atoms with Crippen LogP contribution in [0.15, 0.2) is 30.7 Å². The molecule has 2 heterocycles. The van der Waals surface area contributed by atoms with Crippen LogP contribution in [-0.4, -0.2) is 21.1 Å². The molecule has 0 aromatic carbocycles. The lowest BCUT2D eigenvalue weighted by molar-refractivity contribution is 0.932. The molecule has 0 saturated carbocycles. The van der Waals surface area contributed by atoms with Crippen molar-refractivity contribution in [1.82, 2.24) is 14.5 Å². The van der Waals surface area contributed by atoms with Crippen LogP contribution in [0.1, 0.15) is 12.7 Å². The van der Waals surface area contributed by atoms with E-state index in [1.54, 1.807) is 6.20 Å². The van der Waals surface area contributed by atoms with E-state index in [1.807, 2.05) is 36.0 Å². The van der Waals surface area contributed by atoms with Gasteiger partial charge in [-0.15, -0.1) is 0 Å². The van der Waals surface area contributed by atoms with Crippen LogP contribution in [0.4, 0.5) is 5.69 Å². The van der Waals surface area contributed by atoms with Crippen molar-refractivity contribution >= 4 is 5.69 Å². The van der Waals surface area contributed by atoms with Gasteiger partial charge in [0.15, 0.2) is 0 Å². The first-order chi connectivity index (χ1) is 7.31. The van der Waals surface area contributed by atoms with Gasteiger partial charge in [0.1, 0.15) is 11.6 Å². The van der Waals surface area contributed by atoms with Crippen LogP contribution < -0.4 is 5.32 Å². The maximum Gasteiger partial charge on any atom is 0.138 e. The number of aryl methyl sites for hydroxylation is 1. The number of nitrogens with one attached hydrogen (secondary N) is 1. The standard InChI is InChI=1S/C11H14N4/c1-3-12-10-4-5-11(14-8-10)15-7-6-13-9(15)2/h4-8,12H,3H2,1-2H3. The molecule has 0 fully saturated rings. The van der Waals surface area contributed by atoms with Crippen LogP contribution >= 0.6 is 0 Å². The molecular formula is C11H14N4. The molecule has 2 aromatic heterocycles. The number of anilines is 1. The molecule has 0 amide bonds. The summed E-state index contributed by atoms with van der Waals surface area (Å²) >= 11 is 0. The van der Waals surface area contributed by atoms with E-state index in [-0.39, 0.29) is 0 Å². The Balaban J connectivity index is 2.28. The number of rotatable bonds is 3. The van der Waals surface area contributed by atoms with Gasteiger partial charge in [-0.3, -0.25) is 4.57 Å². The van der Waals surface area contributed by atoms with Crippen LogP contribution in [0, 0.1) is 6.92 Å². The van der Waals surface area contributed by atoms with Crippen molar-refractivity contribution < 1.29 is 0 Å². The van der Waals surface area contributed by atoms with Gasteiger partial charge >= 0.3 is 0 Å². The summed E-state index contributed by atoms with van der Waals surface area (Å²) in [5.41, 5.74) is 1.04. The van der Waals surface area contributed by atoms with Crippen LogP contribution in [0.3, 0.4) is 0 Å². The average Bonchev–Trinajstić information content (AvgIpc) is 2.66. The summed E-state index contributed by atoms with van der Waals surface area (Å²) < 4.78 is 1.95. The Morgan fingerprint density at radius 3 is 2.73 bits per heavy atom. The zero-order valence-electron chi connectivity index (χ0n) is 8.94. The van der Waals surface area contributed by atoms with Gasteiger partial charge in [-0.2, -0.15) is 0 Å². The predicted molar refractivity (Wildman–Crippen MR) is 60.3 cm³/mol. The van der Waals surface area contributed by atoms with E-state index in [0.29, 0.717) is 0 Å². The molecule has 15 heavy (non-hydrogen) atoms. The summed E-state index contributed by atoms with van der Waals surface area (Å²) in [6, 6.07) is 4.00. The highest BCUT2D eigenvalue weighted by atomic mass is 15.1. The first kappa shape index (κ1) is 9.71. The lowest BCUT2D eigenvalue weighted by Gasteiger charge is -2.06. The van der Waals surface area contributed by atoms with E-state index in [1.165, 1.54) is 0 Å². The second-order valence-corrected chi connectivity index (χ2v) is 3.28. The van der Waals surface area contributed by atoms with Gasteiger partial charge in [0.25, 0.3) is 0 Å². The highest BCUT2D eigenvalue weighted by Gasteiger charge is 2.00. The second-order valence-electron chi connectivity index (χ2n) is 3.28. The molecule has 0 radical (unpaired) electrons. The summed E-state index contributed by atoms with van der Waals surface area (Å²) in [7, 11) is 0. The molecule has 0 bridgehead atoms. The molecule has 1 N–H and O–H groups in total. The Morgan fingerprint density at radius 1 is 1.33 bits per heavy atom. The molecule has 0 aliphatic rings. The summed E-state index contributed by atoms with van der Waals surface area (Å²) in [6.07, 6.45) is 5.51. The molecule has 0 aliphatic heterocycles. The predicted octanol–water partition coefficient (Wildman–Crippen LogP) is 2.01. The Hall–Kier alpha value is -1.84. The fourth-order valence-electron chi connectivity index (χ4n) is 1.46. The summed E-state index contributed by atoms with van der Waals surface area (Å²) in [6.45, 7) is 4.93. The topological polar surface area (TPSA) is 42.7 Å². The van der Waals surface area contributed by atoms with Gasteiger partial charge in [-0.25, -0.2) is 9.97 Å². The van der Waals surface area contributed by atoms with Crippen molar-refractivity contribution in [3.05, 3.63) is 36.5 Å². The highest BCUT2D eigenvalue weighted by Crippen LogP contribution is 2.10. The fraction of sp³-hybridized carbons (Fsp3) is 0.273. The van der Waals surface area contributed by atoms with Gasteiger partial charge < -0.3 is 5.32 Å². The maximum atomic E-state index is 4.36. The third kappa shape index (κ3) is 1.98. The van der Waals surface area contributed by atoms with Crippen molar-refractivity contribution in [3.8, 4) is 5.82 Å². The first-order valence-corrected chi connectivity index (χ1v) is 5.01. The molecule has 0 unspecified atom stereocenters. The number of hydrogen-bond acceptors (Lipinski definition) is 3. The van der Waals surface area contributed by atoms with Gasteiger partial charge in [0, 0.05) is 18.9 Å². The smallest absolute Gasteiger partial charge is 0.138 e. The van der Waals surface area contributed by atoms with E-state index in [9.17, 15) is 0 Å². The van der Waals surface area contributed by atoms with E-state index >= 15 is 0 Å². The number of aromatic nitrogens is 3. The Labute approximate surface area is 89.0 Å². The second kappa shape index (κ2) is 4.13. The van der Waals surface area contributed by atoms with Crippen LogP contribution in [-0.2, 0) is 0 Å². The minimum absolute atomic E-state index is 0.895. The van der Waals surface area contributed by atoms with E-state index in [4.69, 9.17) is 0 Å². The normalized spacial score (nSPS) is 10.3. The minimum atomic E-state index is 0.895. The number of imidazole rings is 1. The number of hydrogen-bond donors (Lipinski definition) is 1. The zero-order valence-corrected chi connectivity index (χ0v) is 8.94. The Morgan fingerprint density at radius 2 is 2.20 bits per heavy atom. The Bertz CT molecular complexity index is 430. The SMILES string of the molecule is CCNc1ccc(-n2ccnc2C)nc1. The molecule has 2 aromatic rings. The molecule has 0 atom stereocenters. The molecular weight excluding hydrogens is 188 g/mol. The van der Waals surface area contributed by atoms with Crippen molar-refractivity contribution in [2.45, 2.75) is 13.8 Å². The Kier molecular flexibility index (Phi) is 2.67. The van der Waals surface area contributed by atoms with Gasteiger partial charge in [-0.05, 0) is 26.0 Å². The quantitative estimate of drug-likeness (QED) is 0.827. The van der Waals surface area contributed by atoms with E-state index in [0.717, 1.165) is 23.9 Å².